The smallest absolute Gasteiger partial charge is 0.335 e. The van der Waals surface area contributed by atoms with Gasteiger partial charge in [0.2, 0.25) is 0 Å². The molecule has 0 aliphatic carbocycles. The number of aromatic carboxylic acids is 1. The van der Waals surface area contributed by atoms with E-state index in [0.717, 1.165) is 11.1 Å². The highest BCUT2D eigenvalue weighted by molar-refractivity contribution is 7.80. The predicted molar refractivity (Wildman–Crippen MR) is 120 cm³/mol. The fourth-order valence-corrected chi connectivity index (χ4v) is 3.00. The summed E-state index contributed by atoms with van der Waals surface area (Å²) in [6.07, 6.45) is 0. The maximum Gasteiger partial charge on any atom is 0.335 e. The first kappa shape index (κ1) is 21.0. The van der Waals surface area contributed by atoms with Gasteiger partial charge in [-0.15, -0.1) is 0 Å². The van der Waals surface area contributed by atoms with Gasteiger partial charge in [-0.05, 0) is 50.3 Å². The number of aromatic nitrogens is 2. The molecule has 0 saturated carbocycles. The van der Waals surface area contributed by atoms with Crippen LogP contribution in [0.2, 0.25) is 0 Å². The van der Waals surface area contributed by atoms with Crippen LogP contribution in [0.15, 0.2) is 53.6 Å². The molecule has 0 bridgehead atoms. The Morgan fingerprint density at radius 2 is 1.77 bits per heavy atom. The largest absolute Gasteiger partial charge is 0.504 e. The van der Waals surface area contributed by atoms with E-state index in [2.05, 4.69) is 20.9 Å². The van der Waals surface area contributed by atoms with E-state index in [1.165, 1.54) is 12.1 Å². The van der Waals surface area contributed by atoms with E-state index < -0.39 is 5.97 Å². The van der Waals surface area contributed by atoms with E-state index in [0.29, 0.717) is 22.8 Å². The maximum atomic E-state index is 10.9. The molecule has 0 fully saturated rings. The Balaban J connectivity index is 1.72. The van der Waals surface area contributed by atoms with Crippen molar-refractivity contribution in [2.75, 3.05) is 5.32 Å². The number of hydrazone groups is 1. The van der Waals surface area contributed by atoms with Crippen LogP contribution in [0, 0.1) is 6.92 Å². The van der Waals surface area contributed by atoms with E-state index in [-0.39, 0.29) is 16.4 Å². The molecule has 2 aromatic carbocycles. The number of thiocarbonyl (C=S) groups is 1. The lowest BCUT2D eigenvalue weighted by atomic mass is 10.1. The molecule has 3 aromatic rings. The number of nitrogens with zero attached hydrogens (tertiary/aromatic N) is 3. The average Bonchev–Trinajstić information content (AvgIpc) is 3.01. The molecule has 0 aliphatic heterocycles. The van der Waals surface area contributed by atoms with Gasteiger partial charge >= 0.3 is 5.97 Å². The number of carbonyl (C=O) groups is 1. The highest BCUT2D eigenvalue weighted by Gasteiger charge is 2.19. The van der Waals surface area contributed by atoms with Crippen LogP contribution < -0.4 is 10.7 Å². The normalized spacial score (nSPS) is 11.2. The molecule has 154 valence electrons. The number of aromatic hydroxyl groups is 1. The van der Waals surface area contributed by atoms with E-state index in [4.69, 9.17) is 17.3 Å². The lowest BCUT2D eigenvalue weighted by Gasteiger charge is -2.08. The van der Waals surface area contributed by atoms with Crippen LogP contribution in [0.4, 0.5) is 5.69 Å². The highest BCUT2D eigenvalue weighted by atomic mass is 32.1. The summed E-state index contributed by atoms with van der Waals surface area (Å²) in [5.41, 5.74) is 6.87. The lowest BCUT2D eigenvalue weighted by molar-refractivity contribution is 0.0697. The van der Waals surface area contributed by atoms with Gasteiger partial charge in [0, 0.05) is 18.3 Å². The molecule has 9 heteroatoms. The number of rotatable bonds is 5. The van der Waals surface area contributed by atoms with Crippen LogP contribution >= 0.6 is 12.2 Å². The van der Waals surface area contributed by atoms with E-state index >= 15 is 0 Å². The van der Waals surface area contributed by atoms with Gasteiger partial charge in [-0.1, -0.05) is 29.8 Å². The minimum atomic E-state index is -0.998. The number of hydrogen-bond acceptors (Lipinski definition) is 5. The first-order valence-electron chi connectivity index (χ1n) is 9.04. The molecule has 3 rings (SSSR count). The van der Waals surface area contributed by atoms with Gasteiger partial charge in [0.15, 0.2) is 16.6 Å². The first-order chi connectivity index (χ1) is 14.3. The van der Waals surface area contributed by atoms with Crippen molar-refractivity contribution in [3.05, 3.63) is 65.4 Å². The van der Waals surface area contributed by atoms with Crippen LogP contribution in [0.25, 0.3) is 11.3 Å². The monoisotopic (exact) mass is 423 g/mol. The molecule has 0 spiro atoms. The fraction of sp³-hybridized carbons (Fsp3) is 0.143. The fourth-order valence-electron chi connectivity index (χ4n) is 2.83. The molecule has 8 nitrogen and oxygen atoms in total. The van der Waals surface area contributed by atoms with Gasteiger partial charge in [-0.3, -0.25) is 10.1 Å². The summed E-state index contributed by atoms with van der Waals surface area (Å²) in [4.78, 5) is 10.9. The van der Waals surface area contributed by atoms with Crippen molar-refractivity contribution in [2.24, 2.45) is 12.1 Å². The topological polar surface area (TPSA) is 112 Å². The minimum absolute atomic E-state index is 0.0348. The Hall–Kier alpha value is -3.72. The van der Waals surface area contributed by atoms with E-state index in [1.807, 2.05) is 31.2 Å². The standard InChI is InChI=1S/C21H21N5O3S/c1-12-4-6-14(7-5-12)18-19(27)17(25-26(18)3)13(2)23-24-21(30)22-16-10-8-15(9-11-16)20(28)29/h4-11,27H,1-3H3,(H,28,29)(H2,22,24,30)/b23-13+. The maximum absolute atomic E-state index is 10.9. The first-order valence-corrected chi connectivity index (χ1v) is 9.45. The highest BCUT2D eigenvalue weighted by Crippen LogP contribution is 2.32. The van der Waals surface area contributed by atoms with Crippen molar-refractivity contribution >= 4 is 34.7 Å². The summed E-state index contributed by atoms with van der Waals surface area (Å²) in [7, 11) is 1.76. The van der Waals surface area contributed by atoms with Crippen LogP contribution in [-0.2, 0) is 7.05 Å². The molecule has 4 N–H and O–H groups in total. The molecular weight excluding hydrogens is 402 g/mol. The third-order valence-electron chi connectivity index (χ3n) is 4.40. The predicted octanol–water partition coefficient (Wildman–Crippen LogP) is 3.51. The number of anilines is 1. The molecular formula is C21H21N5O3S. The van der Waals surface area contributed by atoms with Crippen LogP contribution in [0.1, 0.15) is 28.5 Å². The molecule has 0 unspecified atom stereocenters. The van der Waals surface area contributed by atoms with Gasteiger partial charge in [0.05, 0.1) is 11.3 Å². The second kappa shape index (κ2) is 8.75. The summed E-state index contributed by atoms with van der Waals surface area (Å²) in [6.45, 7) is 3.70. The van der Waals surface area contributed by atoms with Crippen molar-refractivity contribution < 1.29 is 15.0 Å². The summed E-state index contributed by atoms with van der Waals surface area (Å²) < 4.78 is 1.61. The summed E-state index contributed by atoms with van der Waals surface area (Å²) >= 11 is 5.21. The number of nitrogens with one attached hydrogen (secondary N) is 2. The summed E-state index contributed by atoms with van der Waals surface area (Å²) in [6, 6.07) is 13.9. The Bertz CT molecular complexity index is 1120. The van der Waals surface area contributed by atoms with Crippen molar-refractivity contribution in [1.29, 1.82) is 0 Å². The molecule has 0 atom stereocenters. The van der Waals surface area contributed by atoms with E-state index in [9.17, 15) is 9.90 Å². The van der Waals surface area contributed by atoms with Gasteiger partial charge in [-0.2, -0.15) is 10.2 Å². The van der Waals surface area contributed by atoms with Crippen molar-refractivity contribution in [3.8, 4) is 17.0 Å². The van der Waals surface area contributed by atoms with Gasteiger partial charge in [0.1, 0.15) is 5.69 Å². The zero-order chi connectivity index (χ0) is 21.8. The van der Waals surface area contributed by atoms with Gasteiger partial charge < -0.3 is 15.5 Å². The molecule has 0 radical (unpaired) electrons. The Labute approximate surface area is 178 Å². The van der Waals surface area contributed by atoms with E-state index in [1.54, 1.807) is 30.8 Å². The van der Waals surface area contributed by atoms with Crippen LogP contribution in [0.5, 0.6) is 5.75 Å². The van der Waals surface area contributed by atoms with Crippen LogP contribution in [-0.4, -0.2) is 36.8 Å². The number of hydrogen-bond donors (Lipinski definition) is 4. The van der Waals surface area contributed by atoms with Crippen LogP contribution in [0.3, 0.4) is 0 Å². The number of carboxylic acids is 1. The SMILES string of the molecule is C/C(=N\NC(=S)Nc1ccc(C(=O)O)cc1)c1nn(C)c(-c2ccc(C)cc2)c1O. The Kier molecular flexibility index (Phi) is 6.12. The molecule has 1 aromatic heterocycles. The second-order valence-corrected chi connectivity index (χ2v) is 7.09. The zero-order valence-electron chi connectivity index (χ0n) is 16.7. The number of aryl methyl sites for hydroxylation is 2. The van der Waals surface area contributed by atoms with Crippen molar-refractivity contribution in [2.45, 2.75) is 13.8 Å². The molecule has 30 heavy (non-hydrogen) atoms. The minimum Gasteiger partial charge on any atom is -0.504 e. The number of benzene rings is 2. The molecule has 0 saturated heterocycles. The Morgan fingerprint density at radius 1 is 1.13 bits per heavy atom. The molecule has 0 aliphatic rings. The zero-order valence-corrected chi connectivity index (χ0v) is 17.5. The molecule has 0 amide bonds. The summed E-state index contributed by atoms with van der Waals surface area (Å²) in [5, 5.41) is 31.3. The third-order valence-corrected chi connectivity index (χ3v) is 4.60. The number of carboxylic acid groups (broad SMARTS) is 1. The average molecular weight is 423 g/mol. The second-order valence-electron chi connectivity index (χ2n) is 6.68. The van der Waals surface area contributed by atoms with Crippen molar-refractivity contribution in [3.63, 3.8) is 0 Å². The third kappa shape index (κ3) is 4.64. The van der Waals surface area contributed by atoms with Gasteiger partial charge in [-0.25, -0.2) is 4.79 Å². The van der Waals surface area contributed by atoms with Gasteiger partial charge in [0.25, 0.3) is 0 Å². The lowest BCUT2D eigenvalue weighted by Crippen LogP contribution is -2.25. The summed E-state index contributed by atoms with van der Waals surface area (Å²) in [5.74, 6) is -0.963. The van der Waals surface area contributed by atoms with Crippen molar-refractivity contribution in [1.82, 2.24) is 15.2 Å². The Morgan fingerprint density at radius 3 is 2.37 bits per heavy atom. The quantitative estimate of drug-likeness (QED) is 0.282. The molecule has 1 heterocycles.